The maximum Gasteiger partial charge on any atom is 0.134 e. The monoisotopic (exact) mass is 293 g/mol. The summed E-state index contributed by atoms with van der Waals surface area (Å²) in [5, 5.41) is 16.2. The lowest BCUT2D eigenvalue weighted by Gasteiger charge is -2.06. The van der Waals surface area contributed by atoms with E-state index in [1.165, 1.54) is 0 Å². The molecule has 0 spiro atoms. The van der Waals surface area contributed by atoms with Gasteiger partial charge in [-0.2, -0.15) is 5.10 Å². The van der Waals surface area contributed by atoms with Gasteiger partial charge in [-0.15, -0.1) is 5.10 Å². The number of benzene rings is 1. The Labute approximate surface area is 119 Å². The van der Waals surface area contributed by atoms with Gasteiger partial charge in [0.2, 0.25) is 0 Å². The van der Waals surface area contributed by atoms with Gasteiger partial charge in [0, 0.05) is 11.2 Å². The van der Waals surface area contributed by atoms with Crippen LogP contribution in [0, 0.1) is 6.92 Å². The molecule has 0 amide bonds. The zero-order chi connectivity index (χ0) is 13.4. The molecule has 0 aliphatic carbocycles. The van der Waals surface area contributed by atoms with Crippen LogP contribution in [0.2, 0.25) is 10.0 Å². The van der Waals surface area contributed by atoms with Crippen LogP contribution in [0.15, 0.2) is 30.5 Å². The van der Waals surface area contributed by atoms with Crippen molar-refractivity contribution in [2.24, 2.45) is 0 Å². The van der Waals surface area contributed by atoms with Crippen LogP contribution in [0.4, 0.5) is 0 Å². The Hall–Kier alpha value is -1.85. The van der Waals surface area contributed by atoms with E-state index in [4.69, 9.17) is 23.2 Å². The maximum absolute atomic E-state index is 6.17. The van der Waals surface area contributed by atoms with E-state index in [9.17, 15) is 0 Å². The van der Waals surface area contributed by atoms with Crippen molar-refractivity contribution in [3.8, 4) is 17.1 Å². The van der Waals surface area contributed by atoms with Crippen molar-refractivity contribution in [2.45, 2.75) is 6.92 Å². The topological polar surface area (TPSA) is 59.4 Å². The zero-order valence-corrected chi connectivity index (χ0v) is 11.4. The predicted molar refractivity (Wildman–Crippen MR) is 73.7 cm³/mol. The highest BCUT2D eigenvalue weighted by Crippen LogP contribution is 2.27. The molecule has 0 unspecified atom stereocenters. The van der Waals surface area contributed by atoms with Crippen molar-refractivity contribution < 1.29 is 0 Å². The minimum Gasteiger partial charge on any atom is -0.276 e. The fourth-order valence-corrected chi connectivity index (χ4v) is 2.21. The average molecular weight is 294 g/mol. The molecule has 1 aromatic carbocycles. The Morgan fingerprint density at radius 1 is 1.21 bits per heavy atom. The second-order valence-electron chi connectivity index (χ2n) is 4.00. The Kier molecular flexibility index (Phi) is 3.00. The van der Waals surface area contributed by atoms with Gasteiger partial charge in [-0.3, -0.25) is 5.10 Å². The summed E-state index contributed by atoms with van der Waals surface area (Å²) in [5.41, 5.74) is 3.09. The number of hydrogen-bond acceptors (Lipinski definition) is 3. The standard InChI is InChI=1S/C12H9Cl2N5/c1-7-12(10-4-5-15-16-10)17-18-19(7)11-6-8(13)2-3-9(11)14/h2-6H,1H3,(H,15,16). The first-order valence-corrected chi connectivity index (χ1v) is 6.30. The molecule has 3 aromatic rings. The van der Waals surface area contributed by atoms with Crippen molar-refractivity contribution in [1.82, 2.24) is 25.2 Å². The van der Waals surface area contributed by atoms with Crippen LogP contribution in [-0.2, 0) is 0 Å². The molecule has 2 heterocycles. The molecule has 0 saturated heterocycles. The first-order valence-electron chi connectivity index (χ1n) is 5.54. The fraction of sp³-hybridized carbons (Fsp3) is 0.0833. The van der Waals surface area contributed by atoms with E-state index in [1.807, 2.05) is 13.0 Å². The van der Waals surface area contributed by atoms with E-state index in [-0.39, 0.29) is 0 Å². The Bertz CT molecular complexity index is 718. The molecule has 19 heavy (non-hydrogen) atoms. The molecule has 5 nitrogen and oxygen atoms in total. The molecule has 1 N–H and O–H groups in total. The molecule has 0 aliphatic rings. The highest BCUT2D eigenvalue weighted by atomic mass is 35.5. The van der Waals surface area contributed by atoms with Crippen LogP contribution in [0.1, 0.15) is 5.69 Å². The van der Waals surface area contributed by atoms with Gasteiger partial charge < -0.3 is 0 Å². The first kappa shape index (κ1) is 12.2. The van der Waals surface area contributed by atoms with Gasteiger partial charge in [0.1, 0.15) is 5.69 Å². The Morgan fingerprint density at radius 2 is 2.05 bits per heavy atom. The first-order chi connectivity index (χ1) is 9.16. The molecule has 7 heteroatoms. The van der Waals surface area contributed by atoms with Crippen LogP contribution in [-0.4, -0.2) is 25.2 Å². The largest absolute Gasteiger partial charge is 0.276 e. The van der Waals surface area contributed by atoms with Crippen molar-refractivity contribution in [3.05, 3.63) is 46.2 Å². The van der Waals surface area contributed by atoms with Gasteiger partial charge in [0.25, 0.3) is 0 Å². The third-order valence-electron chi connectivity index (χ3n) is 2.79. The minimum atomic E-state index is 0.563. The number of H-pyrrole nitrogens is 1. The fourth-order valence-electron chi connectivity index (χ4n) is 1.84. The smallest absolute Gasteiger partial charge is 0.134 e. The minimum absolute atomic E-state index is 0.563. The van der Waals surface area contributed by atoms with Crippen molar-refractivity contribution >= 4 is 23.2 Å². The molecule has 0 atom stereocenters. The van der Waals surface area contributed by atoms with E-state index >= 15 is 0 Å². The highest BCUT2D eigenvalue weighted by molar-refractivity contribution is 6.34. The molecule has 3 rings (SSSR count). The number of nitrogens with zero attached hydrogens (tertiary/aromatic N) is 4. The van der Waals surface area contributed by atoms with E-state index in [0.29, 0.717) is 15.7 Å². The number of aromatic amines is 1. The summed E-state index contributed by atoms with van der Waals surface area (Å²) in [6, 6.07) is 7.05. The lowest BCUT2D eigenvalue weighted by atomic mass is 10.2. The molecule has 0 bridgehead atoms. The number of halogens is 2. The highest BCUT2D eigenvalue weighted by Gasteiger charge is 2.15. The lowest BCUT2D eigenvalue weighted by Crippen LogP contribution is -2.00. The molecule has 2 aromatic heterocycles. The number of hydrogen-bond donors (Lipinski definition) is 1. The summed E-state index contributed by atoms with van der Waals surface area (Å²) >= 11 is 12.2. The molecule has 0 aliphatic heterocycles. The number of aromatic nitrogens is 5. The van der Waals surface area contributed by atoms with E-state index in [0.717, 1.165) is 17.1 Å². The van der Waals surface area contributed by atoms with Gasteiger partial charge in [-0.25, -0.2) is 4.68 Å². The van der Waals surface area contributed by atoms with Crippen LogP contribution >= 0.6 is 23.2 Å². The molecule has 0 saturated carbocycles. The molecule has 0 fully saturated rings. The van der Waals surface area contributed by atoms with Crippen molar-refractivity contribution in [2.75, 3.05) is 0 Å². The maximum atomic E-state index is 6.17. The van der Waals surface area contributed by atoms with E-state index < -0.39 is 0 Å². The zero-order valence-electron chi connectivity index (χ0n) is 9.93. The lowest BCUT2D eigenvalue weighted by molar-refractivity contribution is 0.785. The summed E-state index contributed by atoms with van der Waals surface area (Å²) in [6.45, 7) is 1.91. The van der Waals surface area contributed by atoms with Gasteiger partial charge in [0.05, 0.1) is 22.1 Å². The van der Waals surface area contributed by atoms with Crippen LogP contribution in [0.25, 0.3) is 17.1 Å². The number of rotatable bonds is 2. The number of nitrogens with one attached hydrogen (secondary N) is 1. The SMILES string of the molecule is Cc1c(-c2ccn[nH]2)nnn1-c1cc(Cl)ccc1Cl. The summed E-state index contributed by atoms with van der Waals surface area (Å²) in [4.78, 5) is 0. The Morgan fingerprint density at radius 3 is 2.79 bits per heavy atom. The van der Waals surface area contributed by atoms with E-state index in [1.54, 1.807) is 29.1 Å². The summed E-state index contributed by atoms with van der Waals surface area (Å²) in [5.74, 6) is 0. The normalized spacial score (nSPS) is 10.9. The van der Waals surface area contributed by atoms with Crippen LogP contribution in [0.3, 0.4) is 0 Å². The summed E-state index contributed by atoms with van der Waals surface area (Å²) in [7, 11) is 0. The second kappa shape index (κ2) is 4.68. The predicted octanol–water partition coefficient (Wildman–Crippen LogP) is 3.27. The van der Waals surface area contributed by atoms with Crippen molar-refractivity contribution in [1.29, 1.82) is 0 Å². The van der Waals surface area contributed by atoms with Gasteiger partial charge in [0.15, 0.2) is 0 Å². The quantitative estimate of drug-likeness (QED) is 0.789. The van der Waals surface area contributed by atoms with Crippen molar-refractivity contribution in [3.63, 3.8) is 0 Å². The molecular weight excluding hydrogens is 285 g/mol. The summed E-state index contributed by atoms with van der Waals surface area (Å²) in [6.07, 6.45) is 1.67. The molecule has 96 valence electrons. The third kappa shape index (κ3) is 2.11. The van der Waals surface area contributed by atoms with Gasteiger partial charge in [-0.05, 0) is 31.2 Å². The van der Waals surface area contributed by atoms with Gasteiger partial charge in [-0.1, -0.05) is 28.4 Å². The third-order valence-corrected chi connectivity index (χ3v) is 3.34. The molecular formula is C12H9Cl2N5. The van der Waals surface area contributed by atoms with E-state index in [2.05, 4.69) is 20.5 Å². The second-order valence-corrected chi connectivity index (χ2v) is 4.84. The average Bonchev–Trinajstić information content (AvgIpc) is 3.01. The van der Waals surface area contributed by atoms with Crippen LogP contribution < -0.4 is 0 Å². The molecule has 0 radical (unpaired) electrons. The van der Waals surface area contributed by atoms with Gasteiger partial charge >= 0.3 is 0 Å². The van der Waals surface area contributed by atoms with Crippen LogP contribution in [0.5, 0.6) is 0 Å². The Balaban J connectivity index is 2.15. The summed E-state index contributed by atoms with van der Waals surface area (Å²) < 4.78 is 1.66.